The molecule has 0 spiro atoms. The van der Waals surface area contributed by atoms with Gasteiger partial charge in [0, 0.05) is 18.3 Å². The number of carbonyl (C=O) groups excluding carboxylic acids is 1. The van der Waals surface area contributed by atoms with Crippen molar-refractivity contribution in [2.45, 2.75) is 44.2 Å². The fourth-order valence-corrected chi connectivity index (χ4v) is 2.88. The molecule has 6 heteroatoms. The number of hydrogen-bond acceptors (Lipinski definition) is 4. The summed E-state index contributed by atoms with van der Waals surface area (Å²) in [6.45, 7) is 1.17. The normalized spacial score (nSPS) is 19.1. The summed E-state index contributed by atoms with van der Waals surface area (Å²) in [5, 5.41) is 11.8. The van der Waals surface area contributed by atoms with Gasteiger partial charge in [-0.25, -0.2) is 9.78 Å². The first-order valence-corrected chi connectivity index (χ1v) is 7.83. The summed E-state index contributed by atoms with van der Waals surface area (Å²) in [4.78, 5) is 17.9. The smallest absolute Gasteiger partial charge is 0.317 e. The molecule has 3 rings (SSSR count). The molecule has 1 aliphatic carbocycles. The van der Waals surface area contributed by atoms with E-state index < -0.39 is 0 Å². The first-order chi connectivity index (χ1) is 10.7. The molecule has 1 aromatic heterocycles. The molecule has 116 valence electrons. The van der Waals surface area contributed by atoms with Gasteiger partial charge in [-0.1, -0.05) is 19.3 Å². The number of carbonyl (C=O) groups is 1. The number of amides is 2. The van der Waals surface area contributed by atoms with Crippen LogP contribution in [-0.2, 0) is 0 Å². The zero-order valence-electron chi connectivity index (χ0n) is 12.5. The van der Waals surface area contributed by atoms with Gasteiger partial charge in [0.15, 0.2) is 0 Å². The van der Waals surface area contributed by atoms with Crippen LogP contribution in [0.25, 0.3) is 0 Å². The molecule has 0 unspecified atom stereocenters. The van der Waals surface area contributed by atoms with E-state index in [-0.39, 0.29) is 12.1 Å². The van der Waals surface area contributed by atoms with Crippen molar-refractivity contribution in [2.24, 2.45) is 0 Å². The topological polar surface area (TPSA) is 78.2 Å². The average molecular weight is 300 g/mol. The van der Waals surface area contributed by atoms with E-state index in [1.165, 1.54) is 25.5 Å². The third-order valence-electron chi connectivity index (χ3n) is 4.22. The van der Waals surface area contributed by atoms with Crippen LogP contribution in [0.15, 0.2) is 18.3 Å². The fourth-order valence-electron chi connectivity index (χ4n) is 2.88. The third-order valence-corrected chi connectivity index (χ3v) is 4.22. The Morgan fingerprint density at radius 2 is 2.09 bits per heavy atom. The minimum Gasteiger partial charge on any atom is -0.471 e. The molecular formula is C16H20N4O2. The molecular weight excluding hydrogens is 280 g/mol. The van der Waals surface area contributed by atoms with Crippen molar-refractivity contribution in [1.29, 1.82) is 5.26 Å². The second-order valence-corrected chi connectivity index (χ2v) is 5.93. The van der Waals surface area contributed by atoms with E-state index in [4.69, 9.17) is 10.00 Å². The number of nitriles is 1. The molecule has 1 aliphatic heterocycles. The predicted octanol–water partition coefficient (Wildman–Crippen LogP) is 2.06. The van der Waals surface area contributed by atoms with E-state index in [0.717, 1.165) is 12.8 Å². The van der Waals surface area contributed by atoms with Gasteiger partial charge in [0.25, 0.3) is 0 Å². The Hall–Kier alpha value is -2.29. The first-order valence-electron chi connectivity index (χ1n) is 7.83. The van der Waals surface area contributed by atoms with Crippen LogP contribution in [-0.4, -0.2) is 41.2 Å². The van der Waals surface area contributed by atoms with Gasteiger partial charge >= 0.3 is 6.03 Å². The highest BCUT2D eigenvalue weighted by molar-refractivity contribution is 5.75. The van der Waals surface area contributed by atoms with Crippen LogP contribution >= 0.6 is 0 Å². The number of aromatic nitrogens is 1. The van der Waals surface area contributed by atoms with Crippen LogP contribution < -0.4 is 10.1 Å². The Kier molecular flexibility index (Phi) is 4.42. The second kappa shape index (κ2) is 6.65. The first kappa shape index (κ1) is 14.6. The summed E-state index contributed by atoms with van der Waals surface area (Å²) in [5.74, 6) is 0.497. The third kappa shape index (κ3) is 3.48. The Labute approximate surface area is 130 Å². The number of hydrogen-bond donors (Lipinski definition) is 1. The maximum Gasteiger partial charge on any atom is 0.317 e. The molecule has 0 atom stereocenters. The zero-order valence-corrected chi connectivity index (χ0v) is 12.5. The van der Waals surface area contributed by atoms with Crippen molar-refractivity contribution in [2.75, 3.05) is 13.1 Å². The van der Waals surface area contributed by atoms with E-state index in [2.05, 4.69) is 10.3 Å². The van der Waals surface area contributed by atoms with Gasteiger partial charge in [-0.3, -0.25) is 0 Å². The highest BCUT2D eigenvalue weighted by atomic mass is 16.5. The maximum atomic E-state index is 12.1. The van der Waals surface area contributed by atoms with E-state index in [1.807, 2.05) is 6.07 Å². The average Bonchev–Trinajstić information content (AvgIpc) is 2.52. The summed E-state index contributed by atoms with van der Waals surface area (Å²) in [7, 11) is 0. The standard InChI is InChI=1S/C16H20N4O2/c17-8-12-6-7-15(18-9-12)22-14-10-20(11-14)16(21)19-13-4-2-1-3-5-13/h6-7,9,13-14H,1-5,10-11H2,(H,19,21). The van der Waals surface area contributed by atoms with Crippen LogP contribution in [0.4, 0.5) is 4.79 Å². The number of ether oxygens (including phenoxy) is 1. The predicted molar refractivity (Wildman–Crippen MR) is 80.3 cm³/mol. The summed E-state index contributed by atoms with van der Waals surface area (Å²) < 4.78 is 5.68. The lowest BCUT2D eigenvalue weighted by Crippen LogP contribution is -2.60. The molecule has 1 saturated heterocycles. The number of nitrogens with zero attached hydrogens (tertiary/aromatic N) is 3. The molecule has 2 heterocycles. The Bertz CT molecular complexity index is 555. The lowest BCUT2D eigenvalue weighted by molar-refractivity contribution is 0.0399. The number of nitrogens with one attached hydrogen (secondary N) is 1. The van der Waals surface area contributed by atoms with Crippen molar-refractivity contribution >= 4 is 6.03 Å². The summed E-state index contributed by atoms with van der Waals surface area (Å²) in [6, 6.07) is 5.72. The van der Waals surface area contributed by atoms with Crippen molar-refractivity contribution in [3.8, 4) is 11.9 Å². The van der Waals surface area contributed by atoms with Gasteiger partial charge in [0.2, 0.25) is 5.88 Å². The zero-order chi connectivity index (χ0) is 15.4. The highest BCUT2D eigenvalue weighted by Crippen LogP contribution is 2.20. The quantitative estimate of drug-likeness (QED) is 0.926. The summed E-state index contributed by atoms with van der Waals surface area (Å²) >= 11 is 0. The van der Waals surface area contributed by atoms with Crippen molar-refractivity contribution in [1.82, 2.24) is 15.2 Å². The minimum absolute atomic E-state index is 0.0135. The molecule has 1 saturated carbocycles. The minimum atomic E-state index is -0.0162. The Morgan fingerprint density at radius 1 is 1.32 bits per heavy atom. The van der Waals surface area contributed by atoms with Gasteiger partial charge in [-0.15, -0.1) is 0 Å². The van der Waals surface area contributed by atoms with E-state index in [9.17, 15) is 4.79 Å². The van der Waals surface area contributed by atoms with E-state index in [1.54, 1.807) is 17.0 Å². The SMILES string of the molecule is N#Cc1ccc(OC2CN(C(=O)NC3CCCCC3)C2)nc1. The van der Waals surface area contributed by atoms with Crippen LogP contribution in [0.5, 0.6) is 5.88 Å². The number of urea groups is 1. The van der Waals surface area contributed by atoms with Gasteiger partial charge in [-0.05, 0) is 18.9 Å². The number of pyridine rings is 1. The van der Waals surface area contributed by atoms with Gasteiger partial charge in [0.05, 0.1) is 18.7 Å². The van der Waals surface area contributed by atoms with Crippen LogP contribution in [0, 0.1) is 11.3 Å². The van der Waals surface area contributed by atoms with Crippen molar-refractivity contribution in [3.63, 3.8) is 0 Å². The Balaban J connectivity index is 1.41. The van der Waals surface area contributed by atoms with Crippen molar-refractivity contribution < 1.29 is 9.53 Å². The van der Waals surface area contributed by atoms with Crippen molar-refractivity contribution in [3.05, 3.63) is 23.9 Å². The lowest BCUT2D eigenvalue weighted by atomic mass is 9.95. The monoisotopic (exact) mass is 300 g/mol. The summed E-state index contributed by atoms with van der Waals surface area (Å²) in [5.41, 5.74) is 0.509. The number of likely N-dealkylation sites (tertiary alicyclic amines) is 1. The van der Waals surface area contributed by atoms with Crippen LogP contribution in [0.1, 0.15) is 37.7 Å². The fraction of sp³-hybridized carbons (Fsp3) is 0.562. The molecule has 2 fully saturated rings. The van der Waals surface area contributed by atoms with E-state index in [0.29, 0.717) is 30.6 Å². The van der Waals surface area contributed by atoms with Gasteiger partial charge in [-0.2, -0.15) is 5.26 Å². The highest BCUT2D eigenvalue weighted by Gasteiger charge is 2.33. The molecule has 0 aromatic carbocycles. The second-order valence-electron chi connectivity index (χ2n) is 5.93. The maximum absolute atomic E-state index is 12.1. The van der Waals surface area contributed by atoms with Gasteiger partial charge < -0.3 is 15.0 Å². The molecule has 6 nitrogen and oxygen atoms in total. The van der Waals surface area contributed by atoms with Crippen LogP contribution in [0.2, 0.25) is 0 Å². The molecule has 2 aliphatic rings. The van der Waals surface area contributed by atoms with E-state index >= 15 is 0 Å². The molecule has 0 bridgehead atoms. The number of rotatable bonds is 3. The van der Waals surface area contributed by atoms with Crippen LogP contribution in [0.3, 0.4) is 0 Å². The molecule has 2 amide bonds. The Morgan fingerprint density at radius 3 is 2.73 bits per heavy atom. The molecule has 1 aromatic rings. The molecule has 22 heavy (non-hydrogen) atoms. The largest absolute Gasteiger partial charge is 0.471 e. The molecule has 1 N–H and O–H groups in total. The lowest BCUT2D eigenvalue weighted by Gasteiger charge is -2.39. The van der Waals surface area contributed by atoms with Gasteiger partial charge in [0.1, 0.15) is 12.2 Å². The summed E-state index contributed by atoms with van der Waals surface area (Å²) in [6.07, 6.45) is 7.36. The molecule has 0 radical (unpaired) electrons.